The van der Waals surface area contributed by atoms with Gasteiger partial charge in [0, 0.05) is 24.6 Å². The minimum Gasteiger partial charge on any atom is -0.493 e. The van der Waals surface area contributed by atoms with Gasteiger partial charge in [0.1, 0.15) is 17.4 Å². The fourth-order valence-electron chi connectivity index (χ4n) is 1.12. The van der Waals surface area contributed by atoms with E-state index >= 15 is 0 Å². The maximum atomic E-state index is 12.8. The number of ether oxygens (including phenoxy) is 1. The van der Waals surface area contributed by atoms with E-state index in [-0.39, 0.29) is 18.8 Å². The van der Waals surface area contributed by atoms with Gasteiger partial charge in [0.25, 0.3) is 0 Å². The van der Waals surface area contributed by atoms with E-state index in [1.807, 2.05) is 0 Å². The topological polar surface area (TPSA) is 78.3 Å². The lowest BCUT2D eigenvalue weighted by Crippen LogP contribution is -2.50. The summed E-state index contributed by atoms with van der Waals surface area (Å²) >= 11 is 0. The summed E-state index contributed by atoms with van der Waals surface area (Å²) in [5, 5.41) is 0. The Bertz CT molecular complexity index is 402. The van der Waals surface area contributed by atoms with Crippen molar-refractivity contribution < 1.29 is 18.3 Å². The first kappa shape index (κ1) is 13.4. The Morgan fingerprint density at radius 3 is 2.35 bits per heavy atom. The van der Waals surface area contributed by atoms with E-state index in [0.29, 0.717) is 0 Å². The zero-order chi connectivity index (χ0) is 13.1. The average Bonchev–Trinajstić information content (AvgIpc) is 2.15. The summed E-state index contributed by atoms with van der Waals surface area (Å²) in [5.74, 6) is -2.08. The van der Waals surface area contributed by atoms with Gasteiger partial charge in [-0.2, -0.15) is 0 Å². The minimum absolute atomic E-state index is 0.0405. The Balaban J connectivity index is 2.54. The molecular formula is C11H14F2N2O2. The molecule has 1 atom stereocenters. The van der Waals surface area contributed by atoms with Crippen LogP contribution in [0.4, 0.5) is 8.78 Å². The second-order valence-corrected chi connectivity index (χ2v) is 3.99. The lowest BCUT2D eigenvalue weighted by atomic mass is 9.99. The highest BCUT2D eigenvalue weighted by Crippen LogP contribution is 2.16. The molecule has 17 heavy (non-hydrogen) atoms. The molecule has 0 saturated carbocycles. The minimum atomic E-state index is -1.20. The summed E-state index contributed by atoms with van der Waals surface area (Å²) in [5.41, 5.74) is 9.44. The number of benzene rings is 1. The molecule has 0 saturated heterocycles. The van der Waals surface area contributed by atoms with Crippen LogP contribution >= 0.6 is 0 Å². The van der Waals surface area contributed by atoms with Crippen LogP contribution in [0.25, 0.3) is 0 Å². The van der Waals surface area contributed by atoms with Crippen LogP contribution in [0.5, 0.6) is 5.75 Å². The van der Waals surface area contributed by atoms with Crippen LogP contribution in [0, 0.1) is 11.6 Å². The van der Waals surface area contributed by atoms with E-state index in [9.17, 15) is 13.6 Å². The van der Waals surface area contributed by atoms with Gasteiger partial charge in [0.2, 0.25) is 5.91 Å². The van der Waals surface area contributed by atoms with Crippen LogP contribution in [0.3, 0.4) is 0 Å². The van der Waals surface area contributed by atoms with Gasteiger partial charge in [-0.05, 0) is 6.92 Å². The number of halogens is 2. The van der Waals surface area contributed by atoms with Gasteiger partial charge in [-0.25, -0.2) is 8.78 Å². The number of nitrogens with two attached hydrogens (primary N) is 2. The maximum Gasteiger partial charge on any atom is 0.237 e. The summed E-state index contributed by atoms with van der Waals surface area (Å²) in [6.45, 7) is 1.50. The molecule has 1 rings (SSSR count). The summed E-state index contributed by atoms with van der Waals surface area (Å²) < 4.78 is 30.7. The number of carbonyl (C=O) groups is 1. The van der Waals surface area contributed by atoms with Crippen molar-refractivity contribution >= 4 is 5.91 Å². The van der Waals surface area contributed by atoms with E-state index < -0.39 is 23.1 Å². The molecule has 1 aromatic rings. The third-order valence-corrected chi connectivity index (χ3v) is 2.29. The molecule has 4 N–H and O–H groups in total. The molecule has 1 unspecified atom stereocenters. The van der Waals surface area contributed by atoms with Crippen LogP contribution in [-0.4, -0.2) is 18.1 Å². The molecule has 0 fully saturated rings. The quantitative estimate of drug-likeness (QED) is 0.809. The zero-order valence-corrected chi connectivity index (χ0v) is 9.37. The Hall–Kier alpha value is -1.69. The third-order valence-electron chi connectivity index (χ3n) is 2.29. The van der Waals surface area contributed by atoms with Crippen molar-refractivity contribution in [1.29, 1.82) is 0 Å². The summed E-state index contributed by atoms with van der Waals surface area (Å²) in [6, 6.07) is 2.83. The van der Waals surface area contributed by atoms with E-state index in [2.05, 4.69) is 0 Å². The highest BCUT2D eigenvalue weighted by molar-refractivity contribution is 5.83. The van der Waals surface area contributed by atoms with Crippen molar-refractivity contribution in [3.8, 4) is 5.75 Å². The van der Waals surface area contributed by atoms with Crippen molar-refractivity contribution in [3.63, 3.8) is 0 Å². The molecule has 0 bridgehead atoms. The first-order chi connectivity index (χ1) is 7.81. The molecule has 0 spiro atoms. The molecule has 94 valence electrons. The monoisotopic (exact) mass is 244 g/mol. The van der Waals surface area contributed by atoms with E-state index in [0.717, 1.165) is 18.2 Å². The summed E-state index contributed by atoms with van der Waals surface area (Å²) in [6.07, 6.45) is 0.153. The molecule has 0 heterocycles. The van der Waals surface area contributed by atoms with E-state index in [1.54, 1.807) is 0 Å². The largest absolute Gasteiger partial charge is 0.493 e. The lowest BCUT2D eigenvalue weighted by molar-refractivity contribution is -0.123. The Kier molecular flexibility index (Phi) is 4.01. The number of amides is 1. The first-order valence-corrected chi connectivity index (χ1v) is 4.99. The molecule has 1 amide bonds. The van der Waals surface area contributed by atoms with Crippen molar-refractivity contribution in [2.24, 2.45) is 11.5 Å². The van der Waals surface area contributed by atoms with Crippen LogP contribution in [0.1, 0.15) is 13.3 Å². The predicted octanol–water partition coefficient (Wildman–Crippen LogP) is 0.936. The van der Waals surface area contributed by atoms with E-state index in [1.165, 1.54) is 6.92 Å². The predicted molar refractivity (Wildman–Crippen MR) is 58.3 cm³/mol. The lowest BCUT2D eigenvalue weighted by Gasteiger charge is -2.20. The number of hydrogen-bond acceptors (Lipinski definition) is 3. The van der Waals surface area contributed by atoms with Gasteiger partial charge >= 0.3 is 0 Å². The smallest absolute Gasteiger partial charge is 0.237 e. The molecule has 4 nitrogen and oxygen atoms in total. The third kappa shape index (κ3) is 3.99. The molecule has 0 aliphatic heterocycles. The second kappa shape index (κ2) is 5.09. The molecule has 0 aromatic heterocycles. The second-order valence-electron chi connectivity index (χ2n) is 3.99. The average molecular weight is 244 g/mol. The van der Waals surface area contributed by atoms with Crippen molar-refractivity contribution in [1.82, 2.24) is 0 Å². The standard InChI is InChI=1S/C11H14F2N2O2/c1-11(15,10(14)16)2-3-17-9-5-7(12)4-8(13)6-9/h4-6H,2-3,15H2,1H3,(H2,14,16). The molecule has 1 aromatic carbocycles. The molecule has 0 aliphatic rings. The van der Waals surface area contributed by atoms with Crippen molar-refractivity contribution in [3.05, 3.63) is 29.8 Å². The Morgan fingerprint density at radius 1 is 1.35 bits per heavy atom. The van der Waals surface area contributed by atoms with Crippen LogP contribution < -0.4 is 16.2 Å². The number of primary amides is 1. The fraction of sp³-hybridized carbons (Fsp3) is 0.364. The molecule has 6 heteroatoms. The van der Waals surface area contributed by atoms with Gasteiger partial charge in [0.05, 0.1) is 12.1 Å². The number of rotatable bonds is 5. The first-order valence-electron chi connectivity index (χ1n) is 4.99. The summed E-state index contributed by atoms with van der Waals surface area (Å²) in [4.78, 5) is 10.9. The van der Waals surface area contributed by atoms with E-state index in [4.69, 9.17) is 16.2 Å². The van der Waals surface area contributed by atoms with Crippen LogP contribution in [0.15, 0.2) is 18.2 Å². The normalized spacial score (nSPS) is 14.1. The molecule has 0 radical (unpaired) electrons. The molecule has 0 aliphatic carbocycles. The Labute approximate surface area is 97.5 Å². The van der Waals surface area contributed by atoms with Crippen LogP contribution in [0.2, 0.25) is 0 Å². The molecular weight excluding hydrogens is 230 g/mol. The zero-order valence-electron chi connectivity index (χ0n) is 9.37. The fourth-order valence-corrected chi connectivity index (χ4v) is 1.12. The number of hydrogen-bond donors (Lipinski definition) is 2. The maximum absolute atomic E-state index is 12.8. The van der Waals surface area contributed by atoms with Gasteiger partial charge in [0.15, 0.2) is 0 Å². The summed E-state index contributed by atoms with van der Waals surface area (Å²) in [7, 11) is 0. The van der Waals surface area contributed by atoms with Crippen molar-refractivity contribution in [2.45, 2.75) is 18.9 Å². The van der Waals surface area contributed by atoms with Crippen molar-refractivity contribution in [2.75, 3.05) is 6.61 Å². The van der Waals surface area contributed by atoms with Gasteiger partial charge in [-0.1, -0.05) is 0 Å². The SMILES string of the molecule is CC(N)(CCOc1cc(F)cc(F)c1)C(N)=O. The highest BCUT2D eigenvalue weighted by Gasteiger charge is 2.25. The Morgan fingerprint density at radius 2 is 1.88 bits per heavy atom. The highest BCUT2D eigenvalue weighted by atomic mass is 19.1. The van der Waals surface area contributed by atoms with Crippen LogP contribution in [-0.2, 0) is 4.79 Å². The van der Waals surface area contributed by atoms with Gasteiger partial charge in [-0.15, -0.1) is 0 Å². The van der Waals surface area contributed by atoms with Gasteiger partial charge < -0.3 is 16.2 Å². The van der Waals surface area contributed by atoms with Gasteiger partial charge in [-0.3, -0.25) is 4.79 Å². The number of carbonyl (C=O) groups excluding carboxylic acids is 1.